The molecular weight excluding hydrogens is 547 g/mol. The Bertz CT molecular complexity index is 1340. The number of hydrogen-bond donors (Lipinski definition) is 2. The number of nitrogens with one attached hydrogen (secondary N) is 2. The lowest BCUT2D eigenvalue weighted by atomic mass is 9.86. The summed E-state index contributed by atoms with van der Waals surface area (Å²) >= 11 is 0. The van der Waals surface area contributed by atoms with E-state index < -0.39 is 12.4 Å². The van der Waals surface area contributed by atoms with Crippen molar-refractivity contribution in [3.8, 4) is 5.75 Å². The molecule has 1 saturated heterocycles. The van der Waals surface area contributed by atoms with Crippen LogP contribution in [0.4, 0.5) is 23.7 Å². The summed E-state index contributed by atoms with van der Waals surface area (Å²) in [6.07, 6.45) is -1.10. The van der Waals surface area contributed by atoms with E-state index in [0.717, 1.165) is 11.1 Å². The van der Waals surface area contributed by atoms with Crippen LogP contribution in [0.25, 0.3) is 0 Å². The van der Waals surface area contributed by atoms with Crippen LogP contribution in [-0.4, -0.2) is 59.3 Å². The van der Waals surface area contributed by atoms with Gasteiger partial charge in [0.2, 0.25) is 5.91 Å². The van der Waals surface area contributed by atoms with Crippen molar-refractivity contribution in [1.82, 2.24) is 20.1 Å². The SMILES string of the molecule is CN1C(c2ccc(C(C)(C)C)cc2)N(CCc2ccc(OC(F)(F)F)cc2)C(=O)[C@@H]1CCNC(=O)Nc1cccnc1. The van der Waals surface area contributed by atoms with Crippen molar-refractivity contribution in [2.24, 2.45) is 0 Å². The van der Waals surface area contributed by atoms with Gasteiger partial charge in [0.25, 0.3) is 0 Å². The van der Waals surface area contributed by atoms with Crippen molar-refractivity contribution >= 4 is 17.6 Å². The number of rotatable bonds is 9. The minimum absolute atomic E-state index is 0.0256. The molecule has 2 aromatic carbocycles. The van der Waals surface area contributed by atoms with E-state index in [4.69, 9.17) is 0 Å². The first-order valence-electron chi connectivity index (χ1n) is 13.7. The van der Waals surface area contributed by atoms with Crippen LogP contribution >= 0.6 is 0 Å². The number of urea groups is 1. The number of anilines is 1. The quantitative estimate of drug-likeness (QED) is 0.329. The number of hydrogen-bond acceptors (Lipinski definition) is 5. The largest absolute Gasteiger partial charge is 0.573 e. The van der Waals surface area contributed by atoms with E-state index in [-0.39, 0.29) is 35.8 Å². The lowest BCUT2D eigenvalue weighted by Crippen LogP contribution is -2.37. The van der Waals surface area contributed by atoms with Gasteiger partial charge in [-0.15, -0.1) is 13.2 Å². The minimum atomic E-state index is -4.76. The Morgan fingerprint density at radius 2 is 1.71 bits per heavy atom. The lowest BCUT2D eigenvalue weighted by molar-refractivity contribution is -0.274. The van der Waals surface area contributed by atoms with E-state index in [0.29, 0.717) is 25.1 Å². The topological polar surface area (TPSA) is 86.8 Å². The molecule has 1 fully saturated rings. The molecule has 2 heterocycles. The maximum absolute atomic E-state index is 13.7. The first-order valence-corrected chi connectivity index (χ1v) is 13.7. The Morgan fingerprint density at radius 3 is 2.31 bits per heavy atom. The molecular formula is C31H36F3N5O3. The standard InChI is InChI=1S/C31H36F3N5O3/c1-30(2,3)23-11-9-22(10-12-23)27-38(4)26(15-18-36-29(41)37-24-6-5-17-35-20-24)28(40)39(27)19-16-21-7-13-25(14-8-21)42-31(32,33)34/h5-14,17,20,26-27H,15-16,18-19H2,1-4H3,(H2,36,37,41)/t26-,27?/m0/s1. The Kier molecular flexibility index (Phi) is 9.40. The van der Waals surface area contributed by atoms with Gasteiger partial charge >= 0.3 is 12.4 Å². The molecule has 1 aliphatic rings. The summed E-state index contributed by atoms with van der Waals surface area (Å²) in [4.78, 5) is 33.8. The summed E-state index contributed by atoms with van der Waals surface area (Å²) in [5.41, 5.74) is 3.44. The molecule has 3 amide bonds. The predicted octanol–water partition coefficient (Wildman–Crippen LogP) is 5.87. The highest BCUT2D eigenvalue weighted by atomic mass is 19.4. The summed E-state index contributed by atoms with van der Waals surface area (Å²) in [7, 11) is 1.89. The molecule has 4 rings (SSSR count). The van der Waals surface area contributed by atoms with E-state index in [1.165, 1.54) is 23.9 Å². The zero-order valence-electron chi connectivity index (χ0n) is 24.1. The minimum Gasteiger partial charge on any atom is -0.406 e. The Balaban J connectivity index is 1.46. The second-order valence-corrected chi connectivity index (χ2v) is 11.3. The molecule has 8 nitrogen and oxygen atoms in total. The number of nitrogens with zero attached hydrogens (tertiary/aromatic N) is 3. The second-order valence-electron chi connectivity index (χ2n) is 11.3. The summed E-state index contributed by atoms with van der Waals surface area (Å²) in [5, 5.41) is 5.52. The second kappa shape index (κ2) is 12.8. The van der Waals surface area contributed by atoms with E-state index in [9.17, 15) is 22.8 Å². The number of pyridine rings is 1. The molecule has 2 atom stereocenters. The van der Waals surface area contributed by atoms with Crippen LogP contribution < -0.4 is 15.4 Å². The van der Waals surface area contributed by atoms with Crippen LogP contribution in [-0.2, 0) is 16.6 Å². The van der Waals surface area contributed by atoms with Gasteiger partial charge in [-0.1, -0.05) is 57.2 Å². The fourth-order valence-electron chi connectivity index (χ4n) is 5.05. The van der Waals surface area contributed by atoms with Gasteiger partial charge in [0.05, 0.1) is 17.9 Å². The average Bonchev–Trinajstić information content (AvgIpc) is 3.16. The Labute approximate surface area is 243 Å². The van der Waals surface area contributed by atoms with Crippen LogP contribution in [0.2, 0.25) is 0 Å². The van der Waals surface area contributed by atoms with Gasteiger partial charge in [-0.3, -0.25) is 14.7 Å². The number of alkyl halides is 3. The number of amides is 3. The summed E-state index contributed by atoms with van der Waals surface area (Å²) < 4.78 is 41.6. The average molecular weight is 584 g/mol. The molecule has 0 saturated carbocycles. The van der Waals surface area contributed by atoms with Gasteiger partial charge in [0.1, 0.15) is 11.9 Å². The molecule has 1 aliphatic heterocycles. The molecule has 0 bridgehead atoms. The third-order valence-electron chi connectivity index (χ3n) is 7.24. The first kappa shape index (κ1) is 30.8. The Hall–Kier alpha value is -4.12. The number of benzene rings is 2. The maximum atomic E-state index is 13.7. The van der Waals surface area contributed by atoms with Crippen LogP contribution in [0.15, 0.2) is 73.1 Å². The fraction of sp³-hybridized carbons (Fsp3) is 0.387. The van der Waals surface area contributed by atoms with Crippen LogP contribution in [0.5, 0.6) is 5.75 Å². The number of carbonyl (C=O) groups is 2. The molecule has 1 aromatic heterocycles. The molecule has 42 heavy (non-hydrogen) atoms. The molecule has 0 aliphatic carbocycles. The molecule has 224 valence electrons. The van der Waals surface area contributed by atoms with Gasteiger partial charge in [-0.05, 0) is 66.3 Å². The third-order valence-corrected chi connectivity index (χ3v) is 7.24. The van der Waals surface area contributed by atoms with Crippen molar-refractivity contribution < 1.29 is 27.5 Å². The molecule has 3 aromatic rings. The predicted molar refractivity (Wildman–Crippen MR) is 154 cm³/mol. The van der Waals surface area contributed by atoms with Crippen molar-refractivity contribution in [3.05, 3.63) is 89.7 Å². The van der Waals surface area contributed by atoms with E-state index >= 15 is 0 Å². The normalized spacial score (nSPS) is 17.8. The molecule has 1 unspecified atom stereocenters. The smallest absolute Gasteiger partial charge is 0.406 e. The van der Waals surface area contributed by atoms with Gasteiger partial charge in [0.15, 0.2) is 0 Å². The number of aromatic nitrogens is 1. The maximum Gasteiger partial charge on any atom is 0.573 e. The highest BCUT2D eigenvalue weighted by Gasteiger charge is 2.44. The first-order chi connectivity index (χ1) is 19.8. The summed E-state index contributed by atoms with van der Waals surface area (Å²) in [5.74, 6) is -0.367. The molecule has 2 N–H and O–H groups in total. The third kappa shape index (κ3) is 8.00. The zero-order valence-corrected chi connectivity index (χ0v) is 24.1. The van der Waals surface area contributed by atoms with Crippen molar-refractivity contribution in [1.29, 1.82) is 0 Å². The molecule has 0 radical (unpaired) electrons. The number of carbonyl (C=O) groups excluding carboxylic acids is 2. The highest BCUT2D eigenvalue weighted by molar-refractivity contribution is 5.89. The number of halogens is 3. The summed E-state index contributed by atoms with van der Waals surface area (Å²) in [6.45, 7) is 7.05. The van der Waals surface area contributed by atoms with Crippen LogP contribution in [0.1, 0.15) is 50.0 Å². The van der Waals surface area contributed by atoms with Crippen LogP contribution in [0, 0.1) is 0 Å². The zero-order chi connectivity index (χ0) is 30.5. The molecule has 0 spiro atoms. The van der Waals surface area contributed by atoms with Gasteiger partial charge in [-0.2, -0.15) is 0 Å². The van der Waals surface area contributed by atoms with Gasteiger partial charge in [-0.25, -0.2) is 4.79 Å². The Morgan fingerprint density at radius 1 is 1.02 bits per heavy atom. The summed E-state index contributed by atoms with van der Waals surface area (Å²) in [6, 6.07) is 16.5. The van der Waals surface area contributed by atoms with Crippen molar-refractivity contribution in [3.63, 3.8) is 0 Å². The monoisotopic (exact) mass is 583 g/mol. The van der Waals surface area contributed by atoms with Crippen LogP contribution in [0.3, 0.4) is 0 Å². The lowest BCUT2D eigenvalue weighted by Gasteiger charge is -2.30. The van der Waals surface area contributed by atoms with E-state index in [2.05, 4.69) is 53.3 Å². The van der Waals surface area contributed by atoms with Gasteiger partial charge in [0, 0.05) is 19.3 Å². The van der Waals surface area contributed by atoms with E-state index in [1.54, 1.807) is 35.4 Å². The number of likely N-dealkylation sites (N-methyl/N-ethyl adjacent to an activating group) is 1. The van der Waals surface area contributed by atoms with Crippen molar-refractivity contribution in [2.45, 2.75) is 57.6 Å². The fourth-order valence-corrected chi connectivity index (χ4v) is 5.05. The molecule has 11 heteroatoms. The highest BCUT2D eigenvalue weighted by Crippen LogP contribution is 2.35. The van der Waals surface area contributed by atoms with Crippen molar-refractivity contribution in [2.75, 3.05) is 25.5 Å². The number of ether oxygens (including phenoxy) is 1. The van der Waals surface area contributed by atoms with E-state index in [1.807, 2.05) is 24.1 Å². The van der Waals surface area contributed by atoms with Gasteiger partial charge < -0.3 is 20.3 Å².